The summed E-state index contributed by atoms with van der Waals surface area (Å²) in [5, 5.41) is 6.42. The third kappa shape index (κ3) is 13.9. The zero-order valence-electron chi connectivity index (χ0n) is 21.2. The molecule has 0 aromatic heterocycles. The first-order chi connectivity index (χ1) is 13.5. The van der Waals surface area contributed by atoms with Gasteiger partial charge in [0.1, 0.15) is 5.78 Å². The molecule has 0 rings (SSSR count). The van der Waals surface area contributed by atoms with Gasteiger partial charge in [-0.3, -0.25) is 14.4 Å². The van der Waals surface area contributed by atoms with E-state index in [9.17, 15) is 14.4 Å². The molecule has 0 saturated carbocycles. The first-order valence-corrected chi connectivity index (χ1v) is 11.7. The average Bonchev–Trinajstić information content (AvgIpc) is 2.57. The van der Waals surface area contributed by atoms with Crippen LogP contribution in [0.1, 0.15) is 114 Å². The molecule has 1 atom stereocenters. The number of ketones is 2. The molecule has 0 aromatic carbocycles. The highest BCUT2D eigenvalue weighted by Crippen LogP contribution is 2.21. The van der Waals surface area contributed by atoms with Gasteiger partial charge in [-0.15, -0.1) is 0 Å². The van der Waals surface area contributed by atoms with Crippen molar-refractivity contribution in [2.45, 2.75) is 125 Å². The van der Waals surface area contributed by atoms with E-state index in [2.05, 4.69) is 31.4 Å². The number of rotatable bonds is 13. The van der Waals surface area contributed by atoms with Gasteiger partial charge in [0, 0.05) is 35.8 Å². The molecule has 5 nitrogen and oxygen atoms in total. The van der Waals surface area contributed by atoms with Crippen LogP contribution in [0.3, 0.4) is 0 Å². The summed E-state index contributed by atoms with van der Waals surface area (Å²) < 4.78 is 0. The van der Waals surface area contributed by atoms with Crippen molar-refractivity contribution in [2.75, 3.05) is 6.54 Å². The van der Waals surface area contributed by atoms with Gasteiger partial charge in [0.15, 0.2) is 5.78 Å². The van der Waals surface area contributed by atoms with Crippen molar-refractivity contribution in [1.82, 2.24) is 10.6 Å². The van der Waals surface area contributed by atoms with Crippen LogP contribution in [-0.2, 0) is 14.4 Å². The van der Waals surface area contributed by atoms with Gasteiger partial charge in [0.25, 0.3) is 0 Å². The van der Waals surface area contributed by atoms with E-state index < -0.39 is 0 Å². The van der Waals surface area contributed by atoms with Crippen molar-refractivity contribution in [2.24, 2.45) is 10.8 Å². The van der Waals surface area contributed by atoms with Crippen LogP contribution in [0.5, 0.6) is 0 Å². The number of carbonyl (C=O) groups excluding carboxylic acids is 3. The van der Waals surface area contributed by atoms with Gasteiger partial charge < -0.3 is 10.6 Å². The smallest absolute Gasteiger partial charge is 0.219 e. The Hall–Kier alpha value is -1.23. The molecule has 0 aliphatic carbocycles. The predicted molar refractivity (Wildman–Crippen MR) is 126 cm³/mol. The third-order valence-corrected chi connectivity index (χ3v) is 5.05. The highest BCUT2D eigenvalue weighted by atomic mass is 16.1. The molecular weight excluding hydrogens is 376 g/mol. The molecule has 5 heteroatoms. The fourth-order valence-electron chi connectivity index (χ4n) is 3.23. The molecule has 0 aliphatic heterocycles. The summed E-state index contributed by atoms with van der Waals surface area (Å²) >= 11 is 0. The molecule has 1 unspecified atom stereocenters. The van der Waals surface area contributed by atoms with Gasteiger partial charge in [-0.05, 0) is 46.5 Å². The Morgan fingerprint density at radius 1 is 0.700 bits per heavy atom. The molecule has 0 fully saturated rings. The zero-order valence-corrected chi connectivity index (χ0v) is 21.2. The van der Waals surface area contributed by atoms with Gasteiger partial charge in [-0.1, -0.05) is 54.4 Å². The maximum Gasteiger partial charge on any atom is 0.219 e. The Kier molecular flexibility index (Phi) is 12.1. The van der Waals surface area contributed by atoms with Crippen molar-refractivity contribution in [1.29, 1.82) is 0 Å². The molecule has 0 aliphatic rings. The zero-order chi connectivity index (χ0) is 23.6. The number of carbonyl (C=O) groups is 3. The van der Waals surface area contributed by atoms with Crippen LogP contribution in [-0.4, -0.2) is 35.6 Å². The molecule has 176 valence electrons. The van der Waals surface area contributed by atoms with Gasteiger partial charge in [-0.2, -0.15) is 0 Å². The highest BCUT2D eigenvalue weighted by Gasteiger charge is 2.31. The van der Waals surface area contributed by atoms with Crippen LogP contribution < -0.4 is 10.6 Å². The monoisotopic (exact) mass is 424 g/mol. The van der Waals surface area contributed by atoms with Crippen LogP contribution in [0.2, 0.25) is 0 Å². The first-order valence-electron chi connectivity index (χ1n) is 11.7. The molecule has 0 aromatic rings. The quantitative estimate of drug-likeness (QED) is 0.398. The summed E-state index contributed by atoms with van der Waals surface area (Å²) in [4.78, 5) is 36.6. The number of Topliss-reactive ketones (excluding diaryl/α,β-unsaturated/α-hetero) is 2. The summed E-state index contributed by atoms with van der Waals surface area (Å²) in [6.45, 7) is 18.6. The molecule has 0 radical (unpaired) electrons. The van der Waals surface area contributed by atoms with Gasteiger partial charge in [0.2, 0.25) is 5.91 Å². The second kappa shape index (κ2) is 12.6. The van der Waals surface area contributed by atoms with Crippen molar-refractivity contribution >= 4 is 17.5 Å². The number of nitrogens with one attached hydrogen (secondary N) is 2. The molecule has 1 amide bonds. The fourth-order valence-corrected chi connectivity index (χ4v) is 3.23. The standard InChI is InChI=1S/C25H48N2O3/c1-23(2,3)20(28)16-11-10-14-18-26-21(29)17-13-12-15-19(27-25(7,8)9)22(30)24(4,5)6/h19,27H,10-18H2,1-9H3,(H,26,29). The van der Waals surface area contributed by atoms with Crippen LogP contribution in [0, 0.1) is 10.8 Å². The Labute approximate surface area is 185 Å². The van der Waals surface area contributed by atoms with Crippen molar-refractivity contribution < 1.29 is 14.4 Å². The lowest BCUT2D eigenvalue weighted by Gasteiger charge is -2.31. The lowest BCUT2D eigenvalue weighted by atomic mass is 9.83. The Balaban J connectivity index is 4.08. The maximum absolute atomic E-state index is 12.7. The number of amides is 1. The topological polar surface area (TPSA) is 75.3 Å². The summed E-state index contributed by atoms with van der Waals surface area (Å²) in [6.07, 6.45) is 6.24. The van der Waals surface area contributed by atoms with E-state index >= 15 is 0 Å². The van der Waals surface area contributed by atoms with Gasteiger partial charge >= 0.3 is 0 Å². The molecular formula is C25H48N2O3. The molecule has 0 bridgehead atoms. The average molecular weight is 425 g/mol. The van der Waals surface area contributed by atoms with Crippen molar-refractivity contribution in [3.05, 3.63) is 0 Å². The summed E-state index contributed by atoms with van der Waals surface area (Å²) in [5.41, 5.74) is -0.759. The predicted octanol–water partition coefficient (Wildman–Crippen LogP) is 5.21. The van der Waals surface area contributed by atoms with E-state index in [1.165, 1.54) is 0 Å². The van der Waals surface area contributed by atoms with Crippen LogP contribution in [0.15, 0.2) is 0 Å². The molecule has 0 heterocycles. The first kappa shape index (κ1) is 28.8. The SMILES string of the molecule is CC(C)(C)NC(CCCCC(=O)NCCCCCC(=O)C(C)(C)C)C(=O)C(C)(C)C. The third-order valence-electron chi connectivity index (χ3n) is 5.05. The Morgan fingerprint density at radius 3 is 1.77 bits per heavy atom. The molecule has 30 heavy (non-hydrogen) atoms. The largest absolute Gasteiger partial charge is 0.356 e. The summed E-state index contributed by atoms with van der Waals surface area (Å²) in [5.74, 6) is 0.603. The minimum absolute atomic E-state index is 0.0725. The van der Waals surface area contributed by atoms with E-state index in [0.29, 0.717) is 25.2 Å². The summed E-state index contributed by atoms with van der Waals surface area (Å²) in [6, 6.07) is -0.177. The van der Waals surface area contributed by atoms with E-state index in [-0.39, 0.29) is 34.1 Å². The minimum atomic E-state index is -0.377. The van der Waals surface area contributed by atoms with E-state index in [1.807, 2.05) is 41.5 Å². The fraction of sp³-hybridized carbons (Fsp3) is 0.880. The summed E-state index contributed by atoms with van der Waals surface area (Å²) in [7, 11) is 0. The Morgan fingerprint density at radius 2 is 1.27 bits per heavy atom. The highest BCUT2D eigenvalue weighted by molar-refractivity contribution is 5.88. The van der Waals surface area contributed by atoms with Crippen LogP contribution in [0.4, 0.5) is 0 Å². The lowest BCUT2D eigenvalue weighted by molar-refractivity contribution is -0.129. The number of hydrogen-bond acceptors (Lipinski definition) is 4. The van der Waals surface area contributed by atoms with Crippen LogP contribution >= 0.6 is 0 Å². The number of hydrogen-bond donors (Lipinski definition) is 2. The second-order valence-corrected chi connectivity index (χ2v) is 11.6. The normalized spacial score (nSPS) is 13.8. The minimum Gasteiger partial charge on any atom is -0.356 e. The van der Waals surface area contributed by atoms with Crippen molar-refractivity contribution in [3.63, 3.8) is 0 Å². The lowest BCUT2D eigenvalue weighted by Crippen LogP contribution is -2.50. The van der Waals surface area contributed by atoms with E-state index in [0.717, 1.165) is 38.5 Å². The van der Waals surface area contributed by atoms with Crippen molar-refractivity contribution in [3.8, 4) is 0 Å². The van der Waals surface area contributed by atoms with Gasteiger partial charge in [0.05, 0.1) is 6.04 Å². The maximum atomic E-state index is 12.7. The molecule has 0 saturated heterocycles. The molecule has 2 N–H and O–H groups in total. The Bertz CT molecular complexity index is 548. The number of unbranched alkanes of at least 4 members (excludes halogenated alkanes) is 3. The van der Waals surface area contributed by atoms with Gasteiger partial charge in [-0.25, -0.2) is 0 Å². The second-order valence-electron chi connectivity index (χ2n) is 11.6. The van der Waals surface area contributed by atoms with E-state index in [4.69, 9.17) is 0 Å². The van der Waals surface area contributed by atoms with E-state index in [1.54, 1.807) is 0 Å². The molecule has 0 spiro atoms. The van der Waals surface area contributed by atoms with Crippen LogP contribution in [0.25, 0.3) is 0 Å².